The van der Waals surface area contributed by atoms with Crippen molar-refractivity contribution in [3.63, 3.8) is 0 Å². The molecule has 0 radical (unpaired) electrons. The monoisotopic (exact) mass is 407 g/mol. The summed E-state index contributed by atoms with van der Waals surface area (Å²) in [5.41, 5.74) is 3.88. The smallest absolute Gasteiger partial charge is 0.338 e. The van der Waals surface area contributed by atoms with Gasteiger partial charge in [-0.05, 0) is 68.4 Å². The number of benzene rings is 2. The molecule has 30 heavy (non-hydrogen) atoms. The first-order valence-electron chi connectivity index (χ1n) is 9.16. The van der Waals surface area contributed by atoms with Crippen LogP contribution in [0, 0.1) is 13.8 Å². The summed E-state index contributed by atoms with van der Waals surface area (Å²) in [7, 11) is 1.29. The molecule has 0 aliphatic carbocycles. The lowest BCUT2D eigenvalue weighted by Gasteiger charge is -2.08. The van der Waals surface area contributed by atoms with E-state index in [1.54, 1.807) is 41.1 Å². The maximum Gasteiger partial charge on any atom is 0.338 e. The van der Waals surface area contributed by atoms with Crippen LogP contribution in [0.25, 0.3) is 5.69 Å². The van der Waals surface area contributed by atoms with E-state index in [4.69, 9.17) is 4.74 Å². The summed E-state index contributed by atoms with van der Waals surface area (Å²) in [5.74, 6) is -1.56. The van der Waals surface area contributed by atoms with Crippen LogP contribution in [0.1, 0.15) is 32.1 Å². The summed E-state index contributed by atoms with van der Waals surface area (Å²) >= 11 is 0. The Balaban J connectivity index is 1.54. The van der Waals surface area contributed by atoms with Gasteiger partial charge in [-0.25, -0.2) is 14.3 Å². The summed E-state index contributed by atoms with van der Waals surface area (Å²) in [6, 6.07) is 14.9. The van der Waals surface area contributed by atoms with Crippen molar-refractivity contribution in [2.75, 3.05) is 19.0 Å². The van der Waals surface area contributed by atoms with Gasteiger partial charge in [0.25, 0.3) is 5.91 Å². The van der Waals surface area contributed by atoms with Gasteiger partial charge in [0.2, 0.25) is 0 Å². The molecule has 0 aliphatic heterocycles. The molecule has 1 amide bonds. The lowest BCUT2D eigenvalue weighted by atomic mass is 10.2. The molecule has 0 saturated heterocycles. The topological polar surface area (TPSA) is 99.5 Å². The van der Waals surface area contributed by atoms with Crippen LogP contribution in [0.15, 0.2) is 54.6 Å². The zero-order chi connectivity index (χ0) is 21.7. The third-order valence-electron chi connectivity index (χ3n) is 4.28. The molecule has 0 spiro atoms. The number of carbonyl (C=O) groups is 3. The van der Waals surface area contributed by atoms with Crippen molar-refractivity contribution < 1.29 is 23.9 Å². The van der Waals surface area contributed by atoms with Crippen molar-refractivity contribution in [3.8, 4) is 5.69 Å². The number of anilines is 1. The first-order chi connectivity index (χ1) is 14.4. The second kappa shape index (κ2) is 9.04. The van der Waals surface area contributed by atoms with E-state index in [1.165, 1.54) is 19.2 Å². The average Bonchev–Trinajstić information content (AvgIpc) is 3.10. The van der Waals surface area contributed by atoms with E-state index in [-0.39, 0.29) is 0 Å². The number of hydrogen-bond donors (Lipinski definition) is 1. The Morgan fingerprint density at radius 3 is 2.10 bits per heavy atom. The molecule has 8 heteroatoms. The molecule has 3 aromatic rings. The quantitative estimate of drug-likeness (QED) is 0.631. The van der Waals surface area contributed by atoms with Crippen LogP contribution < -0.4 is 5.32 Å². The molecular weight excluding hydrogens is 386 g/mol. The molecule has 3 rings (SSSR count). The predicted molar refractivity (Wildman–Crippen MR) is 110 cm³/mol. The van der Waals surface area contributed by atoms with Gasteiger partial charge in [0.15, 0.2) is 6.61 Å². The SMILES string of the molecule is COC(=O)c1ccc(NC(=O)COC(=O)c2ccc(-n3nc(C)cc3C)cc2)cc1. The summed E-state index contributed by atoms with van der Waals surface area (Å²) in [4.78, 5) is 35.6. The van der Waals surface area contributed by atoms with E-state index in [1.807, 2.05) is 19.9 Å². The highest BCUT2D eigenvalue weighted by Gasteiger charge is 2.12. The van der Waals surface area contributed by atoms with Gasteiger partial charge in [-0.1, -0.05) is 0 Å². The van der Waals surface area contributed by atoms with Crippen molar-refractivity contribution >= 4 is 23.5 Å². The Kier molecular flexibility index (Phi) is 6.26. The Hall–Kier alpha value is -3.94. The van der Waals surface area contributed by atoms with Crippen molar-refractivity contribution in [2.45, 2.75) is 13.8 Å². The van der Waals surface area contributed by atoms with E-state index in [0.29, 0.717) is 16.8 Å². The van der Waals surface area contributed by atoms with Gasteiger partial charge in [-0.15, -0.1) is 0 Å². The van der Waals surface area contributed by atoms with E-state index in [0.717, 1.165) is 17.1 Å². The number of aryl methyl sites for hydroxylation is 2. The number of carbonyl (C=O) groups excluding carboxylic acids is 3. The van der Waals surface area contributed by atoms with E-state index < -0.39 is 24.5 Å². The molecule has 2 aromatic carbocycles. The van der Waals surface area contributed by atoms with E-state index >= 15 is 0 Å². The van der Waals surface area contributed by atoms with Crippen molar-refractivity contribution in [1.82, 2.24) is 9.78 Å². The van der Waals surface area contributed by atoms with Gasteiger partial charge >= 0.3 is 11.9 Å². The Bertz CT molecular complexity index is 1070. The van der Waals surface area contributed by atoms with Crippen molar-refractivity contribution in [2.24, 2.45) is 0 Å². The minimum absolute atomic E-state index is 0.329. The first kappa shape index (κ1) is 20.8. The molecule has 154 valence electrons. The highest BCUT2D eigenvalue weighted by molar-refractivity contribution is 5.96. The number of nitrogens with one attached hydrogen (secondary N) is 1. The van der Waals surface area contributed by atoms with Crippen LogP contribution in [0.3, 0.4) is 0 Å². The number of hydrogen-bond acceptors (Lipinski definition) is 6. The molecule has 0 saturated carbocycles. The summed E-state index contributed by atoms with van der Waals surface area (Å²) in [5, 5.41) is 6.99. The van der Waals surface area contributed by atoms with E-state index in [9.17, 15) is 14.4 Å². The van der Waals surface area contributed by atoms with Gasteiger partial charge in [0.05, 0.1) is 29.6 Å². The Morgan fingerprint density at radius 1 is 0.933 bits per heavy atom. The number of methoxy groups -OCH3 is 1. The number of ether oxygens (including phenoxy) is 2. The zero-order valence-corrected chi connectivity index (χ0v) is 16.8. The molecule has 0 bridgehead atoms. The second-order valence-corrected chi connectivity index (χ2v) is 6.58. The molecule has 0 atom stereocenters. The van der Waals surface area contributed by atoms with Gasteiger partial charge in [0, 0.05) is 11.4 Å². The largest absolute Gasteiger partial charge is 0.465 e. The fourth-order valence-electron chi connectivity index (χ4n) is 2.85. The Labute approximate surface area is 173 Å². The fraction of sp³-hybridized carbons (Fsp3) is 0.182. The normalized spacial score (nSPS) is 10.4. The molecular formula is C22H21N3O5. The second-order valence-electron chi connectivity index (χ2n) is 6.58. The highest BCUT2D eigenvalue weighted by Crippen LogP contribution is 2.14. The number of esters is 2. The van der Waals surface area contributed by atoms with Gasteiger partial charge < -0.3 is 14.8 Å². The lowest BCUT2D eigenvalue weighted by Crippen LogP contribution is -2.21. The maximum absolute atomic E-state index is 12.2. The maximum atomic E-state index is 12.2. The third-order valence-corrected chi connectivity index (χ3v) is 4.28. The minimum Gasteiger partial charge on any atom is -0.465 e. The molecule has 0 aliphatic rings. The van der Waals surface area contributed by atoms with Crippen LogP contribution in [0.2, 0.25) is 0 Å². The zero-order valence-electron chi connectivity index (χ0n) is 16.8. The highest BCUT2D eigenvalue weighted by atomic mass is 16.5. The lowest BCUT2D eigenvalue weighted by molar-refractivity contribution is -0.119. The van der Waals surface area contributed by atoms with Gasteiger partial charge in [-0.2, -0.15) is 5.10 Å². The van der Waals surface area contributed by atoms with Gasteiger partial charge in [-0.3, -0.25) is 4.79 Å². The molecule has 8 nitrogen and oxygen atoms in total. The van der Waals surface area contributed by atoms with Crippen LogP contribution in [0.5, 0.6) is 0 Å². The third kappa shape index (κ3) is 4.91. The van der Waals surface area contributed by atoms with Crippen LogP contribution >= 0.6 is 0 Å². The molecule has 0 fully saturated rings. The molecule has 1 heterocycles. The van der Waals surface area contributed by atoms with Gasteiger partial charge in [0.1, 0.15) is 0 Å². The summed E-state index contributed by atoms with van der Waals surface area (Å²) in [6.45, 7) is 3.42. The molecule has 0 unspecified atom stereocenters. The first-order valence-corrected chi connectivity index (χ1v) is 9.16. The summed E-state index contributed by atoms with van der Waals surface area (Å²) in [6.07, 6.45) is 0. The number of aromatic nitrogens is 2. The van der Waals surface area contributed by atoms with Crippen molar-refractivity contribution in [1.29, 1.82) is 0 Å². The molecule has 1 aromatic heterocycles. The number of nitrogens with zero attached hydrogens (tertiary/aromatic N) is 2. The summed E-state index contributed by atoms with van der Waals surface area (Å²) < 4.78 is 11.5. The predicted octanol–water partition coefficient (Wildman–Crippen LogP) is 3.07. The van der Waals surface area contributed by atoms with Crippen LogP contribution in [-0.4, -0.2) is 41.3 Å². The average molecular weight is 407 g/mol. The fourth-order valence-corrected chi connectivity index (χ4v) is 2.85. The van der Waals surface area contributed by atoms with Crippen molar-refractivity contribution in [3.05, 3.63) is 77.1 Å². The van der Waals surface area contributed by atoms with Crippen LogP contribution in [-0.2, 0) is 14.3 Å². The minimum atomic E-state index is -0.605. The Morgan fingerprint density at radius 2 is 1.53 bits per heavy atom. The number of amides is 1. The standard InChI is InChI=1S/C22H21N3O5/c1-14-12-15(2)25(24-14)19-10-6-17(7-11-19)22(28)30-13-20(26)23-18-8-4-16(5-9-18)21(27)29-3/h4-12H,13H2,1-3H3,(H,23,26). The molecule has 1 N–H and O–H groups in total. The number of rotatable bonds is 6. The van der Waals surface area contributed by atoms with E-state index in [2.05, 4.69) is 15.2 Å². The van der Waals surface area contributed by atoms with Crippen LogP contribution in [0.4, 0.5) is 5.69 Å².